The van der Waals surface area contributed by atoms with Crippen LogP contribution in [-0.2, 0) is 14.8 Å². The number of sulfonamides is 1. The van der Waals surface area contributed by atoms with Gasteiger partial charge in [-0.05, 0) is 25.0 Å². The number of aromatic nitrogens is 1. The monoisotopic (exact) mass is 256 g/mol. The van der Waals surface area contributed by atoms with E-state index in [4.69, 9.17) is 5.11 Å². The molecule has 1 atom stereocenters. The summed E-state index contributed by atoms with van der Waals surface area (Å²) in [6.45, 7) is 0.244. The summed E-state index contributed by atoms with van der Waals surface area (Å²) in [5, 5.41) is 8.97. The Hall–Kier alpha value is -1.47. The SMILES string of the molecule is O=C(O)C1CCCN1S(=O)(=O)c1cccnc1. The van der Waals surface area contributed by atoms with E-state index in [1.54, 1.807) is 0 Å². The molecule has 6 nitrogen and oxygen atoms in total. The second-order valence-corrected chi connectivity index (χ2v) is 5.69. The number of carboxylic acid groups (broad SMARTS) is 1. The molecule has 1 fully saturated rings. The lowest BCUT2D eigenvalue weighted by molar-refractivity contribution is -0.140. The quantitative estimate of drug-likeness (QED) is 0.841. The van der Waals surface area contributed by atoms with E-state index in [2.05, 4.69) is 4.98 Å². The minimum atomic E-state index is -3.74. The van der Waals surface area contributed by atoms with Crippen LogP contribution in [0.15, 0.2) is 29.4 Å². The first-order valence-corrected chi connectivity index (χ1v) is 6.62. The van der Waals surface area contributed by atoms with Gasteiger partial charge in [-0.3, -0.25) is 9.78 Å². The molecule has 0 amide bonds. The van der Waals surface area contributed by atoms with E-state index >= 15 is 0 Å². The molecule has 7 heteroatoms. The van der Waals surface area contributed by atoms with E-state index in [0.717, 1.165) is 4.31 Å². The van der Waals surface area contributed by atoms with Crippen molar-refractivity contribution >= 4 is 16.0 Å². The van der Waals surface area contributed by atoms with Crippen molar-refractivity contribution < 1.29 is 18.3 Å². The molecule has 1 aromatic rings. The summed E-state index contributed by atoms with van der Waals surface area (Å²) in [6.07, 6.45) is 3.62. The van der Waals surface area contributed by atoms with Gasteiger partial charge in [-0.15, -0.1) is 0 Å². The van der Waals surface area contributed by atoms with Gasteiger partial charge in [-0.2, -0.15) is 4.31 Å². The maximum atomic E-state index is 12.2. The van der Waals surface area contributed by atoms with Crippen molar-refractivity contribution in [1.82, 2.24) is 9.29 Å². The normalized spacial score (nSPS) is 21.5. The van der Waals surface area contributed by atoms with Gasteiger partial charge in [-0.1, -0.05) is 0 Å². The highest BCUT2D eigenvalue weighted by Gasteiger charge is 2.39. The maximum Gasteiger partial charge on any atom is 0.322 e. The lowest BCUT2D eigenvalue weighted by Gasteiger charge is -2.20. The molecular formula is C10H12N2O4S. The third-order valence-corrected chi connectivity index (χ3v) is 4.62. The molecule has 1 aliphatic heterocycles. The van der Waals surface area contributed by atoms with E-state index in [0.29, 0.717) is 12.8 Å². The van der Waals surface area contributed by atoms with E-state index in [-0.39, 0.29) is 11.4 Å². The number of pyridine rings is 1. The molecule has 1 aliphatic rings. The highest BCUT2D eigenvalue weighted by molar-refractivity contribution is 7.89. The molecule has 1 unspecified atom stereocenters. The number of hydrogen-bond donors (Lipinski definition) is 1. The summed E-state index contributed by atoms with van der Waals surface area (Å²) in [6, 6.07) is 1.97. The Kier molecular flexibility index (Phi) is 3.12. The zero-order valence-corrected chi connectivity index (χ0v) is 9.80. The number of aliphatic carboxylic acids is 1. The predicted octanol–water partition coefficient (Wildman–Crippen LogP) is 0.319. The molecule has 17 heavy (non-hydrogen) atoms. The van der Waals surface area contributed by atoms with Gasteiger partial charge in [0, 0.05) is 18.9 Å². The highest BCUT2D eigenvalue weighted by atomic mass is 32.2. The second kappa shape index (κ2) is 4.42. The highest BCUT2D eigenvalue weighted by Crippen LogP contribution is 2.25. The van der Waals surface area contributed by atoms with Gasteiger partial charge in [0.05, 0.1) is 0 Å². The summed E-state index contributed by atoms with van der Waals surface area (Å²) >= 11 is 0. The van der Waals surface area contributed by atoms with Crippen molar-refractivity contribution in [2.75, 3.05) is 6.54 Å². The van der Waals surface area contributed by atoms with Crippen molar-refractivity contribution in [3.05, 3.63) is 24.5 Å². The van der Waals surface area contributed by atoms with Crippen molar-refractivity contribution in [2.45, 2.75) is 23.8 Å². The van der Waals surface area contributed by atoms with Crippen LogP contribution < -0.4 is 0 Å². The Bertz CT molecular complexity index is 514. The minimum Gasteiger partial charge on any atom is -0.480 e. The molecule has 1 aromatic heterocycles. The zero-order chi connectivity index (χ0) is 12.5. The molecule has 1 saturated heterocycles. The third-order valence-electron chi connectivity index (χ3n) is 2.73. The van der Waals surface area contributed by atoms with E-state index in [1.165, 1.54) is 24.5 Å². The summed E-state index contributed by atoms with van der Waals surface area (Å²) < 4.78 is 25.4. The average Bonchev–Trinajstić information content (AvgIpc) is 2.80. The summed E-state index contributed by atoms with van der Waals surface area (Å²) in [4.78, 5) is 14.7. The zero-order valence-electron chi connectivity index (χ0n) is 8.98. The number of carboxylic acids is 1. The molecule has 0 aliphatic carbocycles. The topological polar surface area (TPSA) is 87.6 Å². The molecule has 0 aromatic carbocycles. The van der Waals surface area contributed by atoms with Crippen LogP contribution in [-0.4, -0.2) is 41.4 Å². The Morgan fingerprint density at radius 3 is 2.88 bits per heavy atom. The van der Waals surface area contributed by atoms with Gasteiger partial charge < -0.3 is 5.11 Å². The summed E-state index contributed by atoms with van der Waals surface area (Å²) in [5.41, 5.74) is 0. The molecule has 92 valence electrons. The number of rotatable bonds is 3. The first-order chi connectivity index (χ1) is 8.03. The van der Waals surface area contributed by atoms with Crippen molar-refractivity contribution in [2.24, 2.45) is 0 Å². The molecule has 0 bridgehead atoms. The Morgan fingerprint density at radius 2 is 2.29 bits per heavy atom. The van der Waals surface area contributed by atoms with Crippen LogP contribution in [0.25, 0.3) is 0 Å². The fourth-order valence-corrected chi connectivity index (χ4v) is 3.53. The second-order valence-electron chi connectivity index (χ2n) is 3.80. The first kappa shape index (κ1) is 12.0. The Balaban J connectivity index is 2.37. The van der Waals surface area contributed by atoms with E-state index in [1.807, 2.05) is 0 Å². The third kappa shape index (κ3) is 2.16. The molecule has 0 spiro atoms. The van der Waals surface area contributed by atoms with Gasteiger partial charge in [0.25, 0.3) is 0 Å². The van der Waals surface area contributed by atoms with Crippen molar-refractivity contribution in [3.63, 3.8) is 0 Å². The maximum absolute atomic E-state index is 12.2. The fourth-order valence-electron chi connectivity index (χ4n) is 1.91. The molecule has 0 saturated carbocycles. The van der Waals surface area contributed by atoms with Gasteiger partial charge in [-0.25, -0.2) is 8.42 Å². The fraction of sp³-hybridized carbons (Fsp3) is 0.400. The van der Waals surface area contributed by atoms with Gasteiger partial charge in [0.15, 0.2) is 0 Å². The van der Waals surface area contributed by atoms with Crippen molar-refractivity contribution in [1.29, 1.82) is 0 Å². The molecule has 2 rings (SSSR count). The average molecular weight is 256 g/mol. The Labute approximate surface area is 98.9 Å². The standard InChI is InChI=1S/C10H12N2O4S/c13-10(14)9-4-2-6-12(9)17(15,16)8-3-1-5-11-7-8/h1,3,5,7,9H,2,4,6H2,(H,13,14). The lowest BCUT2D eigenvalue weighted by Crippen LogP contribution is -2.40. The van der Waals surface area contributed by atoms with Crippen LogP contribution >= 0.6 is 0 Å². The Morgan fingerprint density at radius 1 is 1.53 bits per heavy atom. The summed E-state index contributed by atoms with van der Waals surface area (Å²) in [5.74, 6) is -1.10. The molecular weight excluding hydrogens is 244 g/mol. The van der Waals surface area contributed by atoms with Gasteiger partial charge in [0.1, 0.15) is 10.9 Å². The van der Waals surface area contributed by atoms with E-state index < -0.39 is 22.0 Å². The lowest BCUT2D eigenvalue weighted by atomic mass is 10.2. The molecule has 0 radical (unpaired) electrons. The van der Waals surface area contributed by atoms with Crippen LogP contribution in [0.5, 0.6) is 0 Å². The van der Waals surface area contributed by atoms with Crippen molar-refractivity contribution in [3.8, 4) is 0 Å². The number of hydrogen-bond acceptors (Lipinski definition) is 4. The minimum absolute atomic E-state index is 0.0353. The van der Waals surface area contributed by atoms with Crippen LogP contribution in [0.1, 0.15) is 12.8 Å². The molecule has 2 heterocycles. The summed E-state index contributed by atoms with van der Waals surface area (Å²) in [7, 11) is -3.74. The largest absolute Gasteiger partial charge is 0.480 e. The number of carbonyl (C=O) groups is 1. The number of nitrogens with zero attached hydrogens (tertiary/aromatic N) is 2. The predicted molar refractivity (Wildman–Crippen MR) is 58.8 cm³/mol. The molecule has 1 N–H and O–H groups in total. The smallest absolute Gasteiger partial charge is 0.322 e. The van der Waals surface area contributed by atoms with Crippen LogP contribution in [0, 0.1) is 0 Å². The van der Waals surface area contributed by atoms with Gasteiger partial charge in [0.2, 0.25) is 10.0 Å². The van der Waals surface area contributed by atoms with Crippen LogP contribution in [0.2, 0.25) is 0 Å². The van der Waals surface area contributed by atoms with Gasteiger partial charge >= 0.3 is 5.97 Å². The van der Waals surface area contributed by atoms with E-state index in [9.17, 15) is 13.2 Å². The first-order valence-electron chi connectivity index (χ1n) is 5.18. The van der Waals surface area contributed by atoms with Crippen LogP contribution in [0.3, 0.4) is 0 Å². The van der Waals surface area contributed by atoms with Crippen LogP contribution in [0.4, 0.5) is 0 Å².